The summed E-state index contributed by atoms with van der Waals surface area (Å²) in [5.41, 5.74) is 0. The van der Waals surface area contributed by atoms with Gasteiger partial charge in [0.05, 0.1) is 0 Å². The van der Waals surface area contributed by atoms with Crippen LogP contribution in [-0.4, -0.2) is 30.3 Å². The van der Waals surface area contributed by atoms with Crippen LogP contribution in [0.25, 0.3) is 0 Å². The third-order valence-corrected chi connectivity index (χ3v) is 4.02. The topological polar surface area (TPSA) is 80.7 Å². The number of halogens is 2. The van der Waals surface area contributed by atoms with Gasteiger partial charge in [-0.1, -0.05) is 13.3 Å². The summed E-state index contributed by atoms with van der Waals surface area (Å²) in [5.74, 6) is -1.72. The molecule has 106 valence electrons. The van der Waals surface area contributed by atoms with Crippen molar-refractivity contribution in [3.63, 3.8) is 0 Å². The minimum absolute atomic E-state index is 0.436. The predicted octanol–water partition coefficient (Wildman–Crippen LogP) is 1.98. The van der Waals surface area contributed by atoms with Crippen molar-refractivity contribution >= 4 is 16.1 Å². The second-order valence-corrected chi connectivity index (χ2v) is 5.91. The van der Waals surface area contributed by atoms with Crippen molar-refractivity contribution in [2.75, 3.05) is 0 Å². The summed E-state index contributed by atoms with van der Waals surface area (Å²) in [6.07, 6.45) is 2.66. The monoisotopic (exact) mass is 286 g/mol. The summed E-state index contributed by atoms with van der Waals surface area (Å²) in [4.78, 5) is 11.0. The molecule has 0 aromatic carbocycles. The van der Waals surface area contributed by atoms with Crippen LogP contribution in [-0.2, 0) is 19.6 Å². The summed E-state index contributed by atoms with van der Waals surface area (Å²) in [6, 6.07) is 0. The highest BCUT2D eigenvalue weighted by atomic mass is 32.2. The Morgan fingerprint density at radius 2 is 1.83 bits per heavy atom. The molecule has 0 spiro atoms. The maximum Gasteiger partial charge on any atom is 0.465 e. The normalized spacial score (nSPS) is 25.8. The Morgan fingerprint density at radius 3 is 2.22 bits per heavy atom. The van der Waals surface area contributed by atoms with E-state index < -0.39 is 27.4 Å². The standard InChI is InChI=1S/C10H16F2O5S/c1-2-7-3-5-8(6-4-7)17-9(13)10(11,12)18(14,15)16/h7-8H,2-6H2,1H3,(H,14,15,16). The maximum atomic E-state index is 12.9. The first-order valence-electron chi connectivity index (χ1n) is 5.74. The molecule has 0 aromatic rings. The van der Waals surface area contributed by atoms with E-state index in [0.29, 0.717) is 18.8 Å². The molecule has 1 aliphatic rings. The number of hydrogen-bond donors (Lipinski definition) is 1. The molecule has 0 aliphatic heterocycles. The van der Waals surface area contributed by atoms with Crippen molar-refractivity contribution in [2.45, 2.75) is 50.4 Å². The van der Waals surface area contributed by atoms with E-state index in [1.807, 2.05) is 6.92 Å². The van der Waals surface area contributed by atoms with Crippen molar-refractivity contribution in [1.29, 1.82) is 0 Å². The summed E-state index contributed by atoms with van der Waals surface area (Å²) in [7, 11) is -5.78. The largest absolute Gasteiger partial charge is 0.465 e. The number of carbonyl (C=O) groups is 1. The lowest BCUT2D eigenvalue weighted by Gasteiger charge is -2.28. The van der Waals surface area contributed by atoms with E-state index in [1.54, 1.807) is 0 Å². The van der Waals surface area contributed by atoms with E-state index in [2.05, 4.69) is 4.74 Å². The molecule has 1 N–H and O–H groups in total. The van der Waals surface area contributed by atoms with E-state index in [1.165, 1.54) is 0 Å². The SMILES string of the molecule is CCC1CCC(OC(=O)C(F)(F)S(=O)(=O)O)CC1. The van der Waals surface area contributed by atoms with E-state index in [0.717, 1.165) is 19.3 Å². The van der Waals surface area contributed by atoms with Gasteiger partial charge in [0.25, 0.3) is 0 Å². The van der Waals surface area contributed by atoms with Gasteiger partial charge in [0.2, 0.25) is 0 Å². The molecule has 8 heteroatoms. The molecule has 0 aromatic heterocycles. The van der Waals surface area contributed by atoms with Crippen LogP contribution in [0.1, 0.15) is 39.0 Å². The second-order valence-electron chi connectivity index (χ2n) is 4.45. The Labute approximate surface area is 104 Å². The number of esters is 1. The Morgan fingerprint density at radius 1 is 1.33 bits per heavy atom. The Hall–Kier alpha value is -0.760. The summed E-state index contributed by atoms with van der Waals surface area (Å²) >= 11 is 0. The first kappa shape index (κ1) is 15.3. The Kier molecular flexibility index (Phi) is 4.66. The highest BCUT2D eigenvalue weighted by Crippen LogP contribution is 2.30. The average molecular weight is 286 g/mol. The van der Waals surface area contributed by atoms with E-state index in [4.69, 9.17) is 4.55 Å². The van der Waals surface area contributed by atoms with E-state index >= 15 is 0 Å². The first-order chi connectivity index (χ1) is 8.18. The molecule has 0 atom stereocenters. The van der Waals surface area contributed by atoms with Crippen LogP contribution in [0.3, 0.4) is 0 Å². The summed E-state index contributed by atoms with van der Waals surface area (Å²) < 4.78 is 59.2. The highest BCUT2D eigenvalue weighted by molar-refractivity contribution is 7.87. The number of alkyl halides is 2. The van der Waals surface area contributed by atoms with Crippen LogP contribution in [0.4, 0.5) is 8.78 Å². The van der Waals surface area contributed by atoms with Crippen molar-refractivity contribution in [3.05, 3.63) is 0 Å². The molecular formula is C10H16F2O5S. The summed E-state index contributed by atoms with van der Waals surface area (Å²) in [5, 5.41) is -4.89. The molecular weight excluding hydrogens is 270 g/mol. The fourth-order valence-corrected chi connectivity index (χ4v) is 2.24. The van der Waals surface area contributed by atoms with E-state index in [-0.39, 0.29) is 0 Å². The van der Waals surface area contributed by atoms with Gasteiger partial charge in [0.1, 0.15) is 6.10 Å². The van der Waals surface area contributed by atoms with Gasteiger partial charge in [-0.25, -0.2) is 4.79 Å². The number of carbonyl (C=O) groups excluding carboxylic acids is 1. The minimum Gasteiger partial charge on any atom is -0.457 e. The molecule has 5 nitrogen and oxygen atoms in total. The van der Waals surface area contributed by atoms with Crippen LogP contribution in [0.2, 0.25) is 0 Å². The van der Waals surface area contributed by atoms with Crippen LogP contribution >= 0.6 is 0 Å². The smallest absolute Gasteiger partial charge is 0.457 e. The van der Waals surface area contributed by atoms with Crippen LogP contribution in [0, 0.1) is 5.92 Å². The van der Waals surface area contributed by atoms with Gasteiger partial charge in [-0.05, 0) is 31.6 Å². The zero-order chi connectivity index (χ0) is 14.0. The molecule has 0 saturated heterocycles. The van der Waals surface area contributed by atoms with E-state index in [9.17, 15) is 22.0 Å². The van der Waals surface area contributed by atoms with Crippen molar-refractivity contribution < 1.29 is 31.3 Å². The van der Waals surface area contributed by atoms with Gasteiger partial charge in [-0.15, -0.1) is 0 Å². The molecule has 0 bridgehead atoms. The molecule has 18 heavy (non-hydrogen) atoms. The molecule has 0 heterocycles. The predicted molar refractivity (Wildman–Crippen MR) is 58.6 cm³/mol. The number of hydrogen-bond acceptors (Lipinski definition) is 4. The van der Waals surface area contributed by atoms with Crippen LogP contribution in [0.5, 0.6) is 0 Å². The molecule has 0 unspecified atom stereocenters. The second kappa shape index (κ2) is 5.48. The van der Waals surface area contributed by atoms with Crippen molar-refractivity contribution in [1.82, 2.24) is 0 Å². The first-order valence-corrected chi connectivity index (χ1v) is 7.18. The molecule has 0 amide bonds. The minimum atomic E-state index is -5.78. The van der Waals surface area contributed by atoms with Gasteiger partial charge >= 0.3 is 21.3 Å². The van der Waals surface area contributed by atoms with Crippen LogP contribution < -0.4 is 0 Å². The lowest BCUT2D eigenvalue weighted by atomic mass is 9.86. The number of ether oxygens (including phenoxy) is 1. The molecule has 1 saturated carbocycles. The van der Waals surface area contributed by atoms with Gasteiger partial charge in [0, 0.05) is 0 Å². The van der Waals surface area contributed by atoms with Gasteiger partial charge in [0.15, 0.2) is 0 Å². The van der Waals surface area contributed by atoms with Gasteiger partial charge in [-0.2, -0.15) is 17.2 Å². The third kappa shape index (κ3) is 3.38. The van der Waals surface area contributed by atoms with Gasteiger partial charge in [-0.3, -0.25) is 4.55 Å². The Balaban J connectivity index is 2.57. The molecule has 1 rings (SSSR count). The fraction of sp³-hybridized carbons (Fsp3) is 0.900. The molecule has 1 aliphatic carbocycles. The van der Waals surface area contributed by atoms with Crippen LogP contribution in [0.15, 0.2) is 0 Å². The number of rotatable bonds is 4. The van der Waals surface area contributed by atoms with Crippen molar-refractivity contribution in [2.24, 2.45) is 5.92 Å². The maximum absolute atomic E-state index is 12.9. The quantitative estimate of drug-likeness (QED) is 0.631. The lowest BCUT2D eigenvalue weighted by Crippen LogP contribution is -2.41. The van der Waals surface area contributed by atoms with Crippen molar-refractivity contribution in [3.8, 4) is 0 Å². The average Bonchev–Trinajstić information content (AvgIpc) is 2.28. The zero-order valence-corrected chi connectivity index (χ0v) is 10.8. The van der Waals surface area contributed by atoms with Gasteiger partial charge < -0.3 is 4.74 Å². The zero-order valence-electron chi connectivity index (χ0n) is 9.93. The lowest BCUT2D eigenvalue weighted by molar-refractivity contribution is -0.169. The summed E-state index contributed by atoms with van der Waals surface area (Å²) in [6.45, 7) is 2.02. The highest BCUT2D eigenvalue weighted by Gasteiger charge is 2.54. The third-order valence-electron chi connectivity index (χ3n) is 3.21. The molecule has 0 radical (unpaired) electrons. The Bertz CT molecular complexity index is 398. The fourth-order valence-electron chi connectivity index (χ4n) is 1.98. The molecule has 1 fully saturated rings.